The van der Waals surface area contributed by atoms with E-state index in [0.717, 1.165) is 36.8 Å². The van der Waals surface area contributed by atoms with Crippen LogP contribution in [0, 0.1) is 0 Å². The van der Waals surface area contributed by atoms with Gasteiger partial charge in [0.05, 0.1) is 30.0 Å². The van der Waals surface area contributed by atoms with Gasteiger partial charge in [-0.3, -0.25) is 4.79 Å². The van der Waals surface area contributed by atoms with Crippen LogP contribution in [0.4, 0.5) is 5.00 Å². The third-order valence-corrected chi connectivity index (χ3v) is 6.79. The standard InChI is InChI=1S/C22H21BrN2O4S/c1-28-17-10-13(9-16(23)20(17)26)11-25-22-19(15-6-2-3-7-18(15)30-22)21(27)24-12-14-5-4-8-29-14/h4-5,8-11,26H,2-3,6-7,12H2,1H3,(H,24,27). The van der Waals surface area contributed by atoms with Gasteiger partial charge in [-0.15, -0.1) is 11.3 Å². The van der Waals surface area contributed by atoms with E-state index in [-0.39, 0.29) is 11.7 Å². The van der Waals surface area contributed by atoms with Gasteiger partial charge in [-0.25, -0.2) is 4.99 Å². The molecule has 8 heteroatoms. The van der Waals surface area contributed by atoms with Crippen molar-refractivity contribution in [1.82, 2.24) is 5.32 Å². The van der Waals surface area contributed by atoms with E-state index in [0.29, 0.717) is 33.1 Å². The zero-order chi connectivity index (χ0) is 21.1. The summed E-state index contributed by atoms with van der Waals surface area (Å²) < 4.78 is 11.0. The number of methoxy groups -OCH3 is 1. The van der Waals surface area contributed by atoms with Crippen molar-refractivity contribution in [3.63, 3.8) is 0 Å². The van der Waals surface area contributed by atoms with E-state index in [9.17, 15) is 9.90 Å². The van der Waals surface area contributed by atoms with Crippen molar-refractivity contribution in [3.8, 4) is 11.5 Å². The third kappa shape index (κ3) is 4.29. The molecule has 0 bridgehead atoms. The molecule has 0 unspecified atom stereocenters. The van der Waals surface area contributed by atoms with Gasteiger partial charge in [-0.1, -0.05) is 0 Å². The van der Waals surface area contributed by atoms with Gasteiger partial charge in [0.25, 0.3) is 5.91 Å². The van der Waals surface area contributed by atoms with E-state index < -0.39 is 0 Å². The number of aliphatic imine (C=N–C) groups is 1. The molecule has 2 N–H and O–H groups in total. The fourth-order valence-electron chi connectivity index (χ4n) is 3.50. The third-order valence-electron chi connectivity index (χ3n) is 4.98. The molecule has 1 aliphatic rings. The number of amides is 1. The second-order valence-electron chi connectivity index (χ2n) is 6.96. The average molecular weight is 489 g/mol. The maximum absolute atomic E-state index is 13.0. The van der Waals surface area contributed by atoms with Gasteiger partial charge in [-0.05, 0) is 77.0 Å². The van der Waals surface area contributed by atoms with Crippen LogP contribution < -0.4 is 10.1 Å². The van der Waals surface area contributed by atoms with Crippen molar-refractivity contribution >= 4 is 44.4 Å². The molecule has 0 atom stereocenters. The number of fused-ring (bicyclic) bond motifs is 1. The first kappa shape index (κ1) is 20.7. The van der Waals surface area contributed by atoms with E-state index >= 15 is 0 Å². The predicted molar refractivity (Wildman–Crippen MR) is 120 cm³/mol. The Morgan fingerprint density at radius 2 is 2.23 bits per heavy atom. The Kier molecular flexibility index (Phi) is 6.24. The largest absolute Gasteiger partial charge is 0.503 e. The van der Waals surface area contributed by atoms with E-state index in [2.05, 4.69) is 26.2 Å². The van der Waals surface area contributed by atoms with Gasteiger partial charge in [0.1, 0.15) is 10.8 Å². The molecular formula is C22H21BrN2O4S. The topological polar surface area (TPSA) is 84.1 Å². The minimum absolute atomic E-state index is 0.0410. The molecule has 0 radical (unpaired) electrons. The molecule has 2 heterocycles. The number of nitrogens with zero attached hydrogens (tertiary/aromatic N) is 1. The van der Waals surface area contributed by atoms with E-state index in [1.165, 1.54) is 12.0 Å². The number of nitrogens with one attached hydrogen (secondary N) is 1. The van der Waals surface area contributed by atoms with E-state index in [1.54, 1.807) is 42.0 Å². The van der Waals surface area contributed by atoms with Gasteiger partial charge >= 0.3 is 0 Å². The number of thiophene rings is 1. The summed E-state index contributed by atoms with van der Waals surface area (Å²) in [6.07, 6.45) is 7.36. The summed E-state index contributed by atoms with van der Waals surface area (Å²) in [5.74, 6) is 0.966. The lowest BCUT2D eigenvalue weighted by atomic mass is 9.95. The molecule has 3 aromatic rings. The molecule has 1 amide bonds. The number of carbonyl (C=O) groups excluding carboxylic acids is 1. The average Bonchev–Trinajstić information content (AvgIpc) is 3.40. The number of aromatic hydroxyl groups is 1. The first-order valence-corrected chi connectivity index (χ1v) is 11.2. The molecule has 2 aromatic heterocycles. The highest BCUT2D eigenvalue weighted by Crippen LogP contribution is 2.40. The van der Waals surface area contributed by atoms with E-state index in [1.807, 2.05) is 6.07 Å². The van der Waals surface area contributed by atoms with Crippen LogP contribution in [0.2, 0.25) is 0 Å². The minimum atomic E-state index is -0.137. The Labute approximate surface area is 186 Å². The number of carbonyl (C=O) groups is 1. The molecule has 0 saturated heterocycles. The maximum Gasteiger partial charge on any atom is 0.255 e. The molecule has 6 nitrogen and oxygen atoms in total. The maximum atomic E-state index is 13.0. The molecule has 1 aromatic carbocycles. The number of furan rings is 1. The summed E-state index contributed by atoms with van der Waals surface area (Å²) in [5.41, 5.74) is 2.52. The van der Waals surface area contributed by atoms with Crippen LogP contribution in [-0.2, 0) is 19.4 Å². The molecule has 156 valence electrons. The molecule has 30 heavy (non-hydrogen) atoms. The second-order valence-corrected chi connectivity index (χ2v) is 8.90. The number of hydrogen-bond acceptors (Lipinski definition) is 6. The summed E-state index contributed by atoms with van der Waals surface area (Å²) in [4.78, 5) is 18.9. The zero-order valence-electron chi connectivity index (χ0n) is 16.4. The number of rotatable bonds is 6. The van der Waals surface area contributed by atoms with Gasteiger partial charge in [0.2, 0.25) is 0 Å². The summed E-state index contributed by atoms with van der Waals surface area (Å²) in [5, 5.41) is 13.6. The second kappa shape index (κ2) is 9.06. The van der Waals surface area contributed by atoms with Gasteiger partial charge in [0, 0.05) is 11.1 Å². The summed E-state index contributed by atoms with van der Waals surface area (Å²) >= 11 is 4.90. The molecule has 0 fully saturated rings. The smallest absolute Gasteiger partial charge is 0.255 e. The summed E-state index contributed by atoms with van der Waals surface area (Å²) in [6, 6.07) is 7.09. The van der Waals surface area contributed by atoms with Crippen LogP contribution >= 0.6 is 27.3 Å². The van der Waals surface area contributed by atoms with Gasteiger partial charge in [-0.2, -0.15) is 0 Å². The number of hydrogen-bond donors (Lipinski definition) is 2. The van der Waals surface area contributed by atoms with Crippen LogP contribution in [-0.4, -0.2) is 24.3 Å². The first-order chi connectivity index (χ1) is 14.6. The zero-order valence-corrected chi connectivity index (χ0v) is 18.8. The number of ether oxygens (including phenoxy) is 1. The number of benzene rings is 1. The van der Waals surface area contributed by atoms with Crippen LogP contribution in [0.15, 0.2) is 44.4 Å². The Hall–Kier alpha value is -2.58. The highest BCUT2D eigenvalue weighted by Gasteiger charge is 2.25. The number of aryl methyl sites for hydroxylation is 1. The Morgan fingerprint density at radius 3 is 3.00 bits per heavy atom. The van der Waals surface area contributed by atoms with E-state index in [4.69, 9.17) is 9.15 Å². The Bertz CT molecular complexity index is 1090. The van der Waals surface area contributed by atoms with Crippen molar-refractivity contribution in [1.29, 1.82) is 0 Å². The van der Waals surface area contributed by atoms with Gasteiger partial charge in [0.15, 0.2) is 11.5 Å². The monoisotopic (exact) mass is 488 g/mol. The predicted octanol–water partition coefficient (Wildman–Crippen LogP) is 5.38. The van der Waals surface area contributed by atoms with Crippen LogP contribution in [0.1, 0.15) is 45.0 Å². The normalized spacial score (nSPS) is 13.4. The highest BCUT2D eigenvalue weighted by atomic mass is 79.9. The van der Waals surface area contributed by atoms with Gasteiger partial charge < -0.3 is 19.6 Å². The van der Waals surface area contributed by atoms with Crippen molar-refractivity contribution in [2.24, 2.45) is 4.99 Å². The fourth-order valence-corrected chi connectivity index (χ4v) is 5.19. The molecule has 1 aliphatic carbocycles. The SMILES string of the molecule is COc1cc(C=Nc2sc3c(c2C(=O)NCc2ccco2)CCCC3)cc(Br)c1O. The molecular weight excluding hydrogens is 468 g/mol. The molecule has 0 saturated carbocycles. The van der Waals surface area contributed by atoms with Crippen molar-refractivity contribution in [2.75, 3.05) is 7.11 Å². The lowest BCUT2D eigenvalue weighted by Crippen LogP contribution is -2.23. The van der Waals surface area contributed by atoms with Crippen molar-refractivity contribution in [3.05, 3.63) is 62.3 Å². The van der Waals surface area contributed by atoms with Crippen LogP contribution in [0.3, 0.4) is 0 Å². The summed E-state index contributed by atoms with van der Waals surface area (Å²) in [7, 11) is 1.50. The van der Waals surface area contributed by atoms with Crippen LogP contribution in [0.25, 0.3) is 0 Å². The Balaban J connectivity index is 1.64. The molecule has 0 aliphatic heterocycles. The number of halogens is 1. The highest BCUT2D eigenvalue weighted by molar-refractivity contribution is 9.10. The van der Waals surface area contributed by atoms with Crippen molar-refractivity contribution < 1.29 is 19.1 Å². The lowest BCUT2D eigenvalue weighted by molar-refractivity contribution is 0.0948. The lowest BCUT2D eigenvalue weighted by Gasteiger charge is -2.12. The quantitative estimate of drug-likeness (QED) is 0.456. The van der Waals surface area contributed by atoms with Crippen molar-refractivity contribution in [2.45, 2.75) is 32.2 Å². The minimum Gasteiger partial charge on any atom is -0.503 e. The fraction of sp³-hybridized carbons (Fsp3) is 0.273. The molecule has 4 rings (SSSR count). The Morgan fingerprint density at radius 1 is 1.40 bits per heavy atom. The first-order valence-electron chi connectivity index (χ1n) is 9.62. The number of phenols is 1. The number of phenolic OH excluding ortho intramolecular Hbond substituents is 1. The molecule has 0 spiro atoms. The summed E-state index contributed by atoms with van der Waals surface area (Å²) in [6.45, 7) is 0.335. The van der Waals surface area contributed by atoms with Crippen LogP contribution in [0.5, 0.6) is 11.5 Å².